The Morgan fingerprint density at radius 1 is 1.28 bits per heavy atom. The second-order valence-corrected chi connectivity index (χ2v) is 4.24. The van der Waals surface area contributed by atoms with Crippen molar-refractivity contribution >= 4 is 5.69 Å². The van der Waals surface area contributed by atoms with E-state index in [2.05, 4.69) is 16.9 Å². The fourth-order valence-corrected chi connectivity index (χ4v) is 1.74. The Morgan fingerprint density at radius 2 is 2.06 bits per heavy atom. The predicted octanol–water partition coefficient (Wildman–Crippen LogP) is 3.03. The van der Waals surface area contributed by atoms with E-state index in [9.17, 15) is 0 Å². The van der Waals surface area contributed by atoms with Gasteiger partial charge in [-0.1, -0.05) is 6.92 Å². The van der Waals surface area contributed by atoms with Crippen LogP contribution in [0.5, 0.6) is 11.6 Å². The lowest BCUT2D eigenvalue weighted by Gasteiger charge is -2.11. The lowest BCUT2D eigenvalue weighted by Crippen LogP contribution is -1.99. The van der Waals surface area contributed by atoms with Crippen molar-refractivity contribution in [3.63, 3.8) is 0 Å². The van der Waals surface area contributed by atoms with Crippen LogP contribution in [0, 0.1) is 13.8 Å². The molecular formula is C14H17N3O. The van der Waals surface area contributed by atoms with Crippen molar-refractivity contribution in [3.05, 3.63) is 41.3 Å². The summed E-state index contributed by atoms with van der Waals surface area (Å²) in [6.45, 7) is 5.94. The summed E-state index contributed by atoms with van der Waals surface area (Å²) >= 11 is 0. The van der Waals surface area contributed by atoms with Crippen LogP contribution in [0.3, 0.4) is 0 Å². The highest BCUT2D eigenvalue weighted by molar-refractivity contribution is 5.43. The van der Waals surface area contributed by atoms with Gasteiger partial charge in [-0.05, 0) is 38.5 Å². The van der Waals surface area contributed by atoms with E-state index in [1.54, 1.807) is 6.20 Å². The number of aromatic nitrogens is 2. The van der Waals surface area contributed by atoms with Gasteiger partial charge in [-0.2, -0.15) is 0 Å². The largest absolute Gasteiger partial charge is 0.437 e. The summed E-state index contributed by atoms with van der Waals surface area (Å²) in [6, 6.07) is 5.70. The van der Waals surface area contributed by atoms with Crippen molar-refractivity contribution in [2.45, 2.75) is 27.2 Å². The zero-order valence-corrected chi connectivity index (χ0v) is 10.9. The van der Waals surface area contributed by atoms with Crippen LogP contribution in [0.25, 0.3) is 0 Å². The molecule has 2 aromatic heterocycles. The van der Waals surface area contributed by atoms with Crippen LogP contribution < -0.4 is 10.5 Å². The minimum Gasteiger partial charge on any atom is -0.437 e. The lowest BCUT2D eigenvalue weighted by atomic mass is 10.2. The summed E-state index contributed by atoms with van der Waals surface area (Å²) < 4.78 is 5.81. The Morgan fingerprint density at radius 3 is 2.72 bits per heavy atom. The number of hydrogen-bond donors (Lipinski definition) is 1. The molecule has 0 unspecified atom stereocenters. The molecule has 2 N–H and O–H groups in total. The first-order valence-electron chi connectivity index (χ1n) is 5.96. The van der Waals surface area contributed by atoms with Gasteiger partial charge in [0.1, 0.15) is 0 Å². The van der Waals surface area contributed by atoms with Gasteiger partial charge in [-0.3, -0.25) is 4.98 Å². The molecule has 0 atom stereocenters. The summed E-state index contributed by atoms with van der Waals surface area (Å²) in [4.78, 5) is 8.65. The molecule has 0 amide bonds. The third-order valence-corrected chi connectivity index (χ3v) is 2.66. The summed E-state index contributed by atoms with van der Waals surface area (Å²) in [5, 5.41) is 0. The highest BCUT2D eigenvalue weighted by atomic mass is 16.5. The summed E-state index contributed by atoms with van der Waals surface area (Å²) in [7, 11) is 0. The minimum atomic E-state index is 0.574. The Balaban J connectivity index is 2.33. The maximum absolute atomic E-state index is 5.81. The summed E-state index contributed by atoms with van der Waals surface area (Å²) in [5.74, 6) is 1.33. The molecular weight excluding hydrogens is 226 g/mol. The SMILES string of the molecule is CCc1nc(C)ccc1Oc1ncc(N)cc1C. The van der Waals surface area contributed by atoms with E-state index in [1.807, 2.05) is 32.0 Å². The molecule has 0 aliphatic carbocycles. The van der Waals surface area contributed by atoms with Gasteiger partial charge in [-0.15, -0.1) is 0 Å². The summed E-state index contributed by atoms with van der Waals surface area (Å²) in [5.41, 5.74) is 9.14. The topological polar surface area (TPSA) is 61.0 Å². The van der Waals surface area contributed by atoms with Gasteiger partial charge >= 0.3 is 0 Å². The number of nitrogens with two attached hydrogens (primary N) is 1. The highest BCUT2D eigenvalue weighted by Gasteiger charge is 2.08. The molecule has 0 saturated carbocycles. The second-order valence-electron chi connectivity index (χ2n) is 4.24. The molecule has 94 valence electrons. The molecule has 4 heteroatoms. The minimum absolute atomic E-state index is 0.574. The molecule has 2 aromatic rings. The van der Waals surface area contributed by atoms with Gasteiger partial charge < -0.3 is 10.5 Å². The number of aryl methyl sites for hydroxylation is 3. The fourth-order valence-electron chi connectivity index (χ4n) is 1.74. The van der Waals surface area contributed by atoms with Crippen molar-refractivity contribution in [1.29, 1.82) is 0 Å². The fraction of sp³-hybridized carbons (Fsp3) is 0.286. The van der Waals surface area contributed by atoms with Crippen LogP contribution in [-0.2, 0) is 6.42 Å². The first-order chi connectivity index (χ1) is 8.60. The molecule has 0 aliphatic heterocycles. The van der Waals surface area contributed by atoms with Crippen molar-refractivity contribution in [2.75, 3.05) is 5.73 Å². The smallest absolute Gasteiger partial charge is 0.222 e. The Bertz CT molecular complexity index is 567. The van der Waals surface area contributed by atoms with E-state index in [0.29, 0.717) is 11.6 Å². The van der Waals surface area contributed by atoms with Crippen LogP contribution in [0.2, 0.25) is 0 Å². The van der Waals surface area contributed by atoms with E-state index in [1.165, 1.54) is 0 Å². The second kappa shape index (κ2) is 5.04. The molecule has 0 saturated heterocycles. The number of ether oxygens (including phenoxy) is 1. The van der Waals surface area contributed by atoms with E-state index in [-0.39, 0.29) is 0 Å². The predicted molar refractivity (Wildman–Crippen MR) is 71.8 cm³/mol. The molecule has 0 fully saturated rings. The van der Waals surface area contributed by atoms with Gasteiger partial charge in [0, 0.05) is 11.3 Å². The van der Waals surface area contributed by atoms with Crippen molar-refractivity contribution < 1.29 is 4.74 Å². The maximum atomic E-state index is 5.81. The van der Waals surface area contributed by atoms with Crippen LogP contribution in [0.15, 0.2) is 24.4 Å². The van der Waals surface area contributed by atoms with E-state index in [0.717, 1.165) is 29.1 Å². The zero-order chi connectivity index (χ0) is 13.1. The molecule has 0 spiro atoms. The third kappa shape index (κ3) is 2.59. The molecule has 2 heterocycles. The monoisotopic (exact) mass is 243 g/mol. The van der Waals surface area contributed by atoms with Crippen LogP contribution in [0.4, 0.5) is 5.69 Å². The number of nitrogen functional groups attached to an aromatic ring is 1. The summed E-state index contributed by atoms with van der Waals surface area (Å²) in [6.07, 6.45) is 2.42. The van der Waals surface area contributed by atoms with Crippen molar-refractivity contribution in [3.8, 4) is 11.6 Å². The third-order valence-electron chi connectivity index (χ3n) is 2.66. The van der Waals surface area contributed by atoms with E-state index >= 15 is 0 Å². The number of rotatable bonds is 3. The van der Waals surface area contributed by atoms with Gasteiger partial charge in [0.2, 0.25) is 5.88 Å². The van der Waals surface area contributed by atoms with E-state index < -0.39 is 0 Å². The first kappa shape index (κ1) is 12.4. The van der Waals surface area contributed by atoms with Gasteiger partial charge in [0.15, 0.2) is 5.75 Å². The van der Waals surface area contributed by atoms with Gasteiger partial charge in [0.25, 0.3) is 0 Å². The van der Waals surface area contributed by atoms with E-state index in [4.69, 9.17) is 10.5 Å². The van der Waals surface area contributed by atoms with Crippen LogP contribution >= 0.6 is 0 Å². The molecule has 0 bridgehead atoms. The van der Waals surface area contributed by atoms with Crippen LogP contribution in [-0.4, -0.2) is 9.97 Å². The normalized spacial score (nSPS) is 10.4. The van der Waals surface area contributed by atoms with Crippen molar-refractivity contribution in [2.24, 2.45) is 0 Å². The molecule has 0 radical (unpaired) electrons. The lowest BCUT2D eigenvalue weighted by molar-refractivity contribution is 0.450. The first-order valence-corrected chi connectivity index (χ1v) is 5.96. The Labute approximate surface area is 107 Å². The number of hydrogen-bond acceptors (Lipinski definition) is 4. The molecule has 0 aromatic carbocycles. The van der Waals surface area contributed by atoms with Crippen molar-refractivity contribution in [1.82, 2.24) is 9.97 Å². The highest BCUT2D eigenvalue weighted by Crippen LogP contribution is 2.26. The molecule has 2 rings (SSSR count). The number of nitrogens with zero attached hydrogens (tertiary/aromatic N) is 2. The maximum Gasteiger partial charge on any atom is 0.222 e. The zero-order valence-electron chi connectivity index (χ0n) is 10.9. The molecule has 18 heavy (non-hydrogen) atoms. The van der Waals surface area contributed by atoms with Crippen LogP contribution in [0.1, 0.15) is 23.9 Å². The standard InChI is InChI=1S/C14H17N3O/c1-4-12-13(6-5-10(3)17-12)18-14-9(2)7-11(15)8-16-14/h5-8H,4,15H2,1-3H3. The molecule has 0 aliphatic rings. The van der Waals surface area contributed by atoms with Gasteiger partial charge in [0.05, 0.1) is 17.6 Å². The van der Waals surface area contributed by atoms with Gasteiger partial charge in [-0.25, -0.2) is 4.98 Å². The number of pyridine rings is 2. The number of anilines is 1. The quantitative estimate of drug-likeness (QED) is 0.900. The average molecular weight is 243 g/mol. The Kier molecular flexibility index (Phi) is 3.46. The Hall–Kier alpha value is -2.10. The molecule has 4 nitrogen and oxygen atoms in total. The average Bonchev–Trinajstić information content (AvgIpc) is 2.34.